The number of fused-ring (bicyclic) bond motifs is 1. The van der Waals surface area contributed by atoms with Gasteiger partial charge in [0.15, 0.2) is 5.36 Å². The van der Waals surface area contributed by atoms with Gasteiger partial charge in [0, 0.05) is 10.8 Å². The van der Waals surface area contributed by atoms with E-state index in [0.29, 0.717) is 16.5 Å². The van der Waals surface area contributed by atoms with Crippen LogP contribution >= 0.6 is 0 Å². The number of carboxylic acids is 1. The van der Waals surface area contributed by atoms with E-state index in [1.54, 1.807) is 24.3 Å². The topological polar surface area (TPSA) is 95.8 Å². The summed E-state index contributed by atoms with van der Waals surface area (Å²) in [5.74, 6) is -1.03. The molecule has 22 heavy (non-hydrogen) atoms. The van der Waals surface area contributed by atoms with Gasteiger partial charge in [0.25, 0.3) is 0 Å². The number of carbonyl (C=O) groups is 1. The minimum absolute atomic E-state index is 0.138. The van der Waals surface area contributed by atoms with E-state index in [9.17, 15) is 14.4 Å². The predicted molar refractivity (Wildman–Crippen MR) is 81.4 cm³/mol. The molecule has 0 radical (unpaired) electrons. The van der Waals surface area contributed by atoms with Crippen molar-refractivity contribution >= 4 is 22.4 Å². The van der Waals surface area contributed by atoms with Crippen LogP contribution in [-0.4, -0.2) is 11.1 Å². The maximum absolute atomic E-state index is 12.1. The summed E-state index contributed by atoms with van der Waals surface area (Å²) >= 11 is 0. The molecule has 0 aromatic heterocycles. The monoisotopic (exact) mass is 294 g/mol. The van der Waals surface area contributed by atoms with E-state index in [2.05, 4.69) is 10.5 Å². The number of hydrogen-bond donors (Lipinski definition) is 2. The van der Waals surface area contributed by atoms with Crippen LogP contribution in [0.2, 0.25) is 0 Å². The van der Waals surface area contributed by atoms with E-state index >= 15 is 0 Å². The molecular weight excluding hydrogens is 284 g/mol. The fraction of sp³-hybridized carbons (Fsp3) is 0. The van der Waals surface area contributed by atoms with Crippen molar-refractivity contribution in [2.24, 2.45) is 5.10 Å². The first-order valence-corrected chi connectivity index (χ1v) is 6.43. The van der Waals surface area contributed by atoms with Crippen molar-refractivity contribution < 1.29 is 9.90 Å². The number of aromatic carboxylic acids is 1. The van der Waals surface area contributed by atoms with Crippen molar-refractivity contribution in [2.75, 3.05) is 5.43 Å². The summed E-state index contributed by atoms with van der Waals surface area (Å²) < 4.78 is 0. The number of nitrogens with one attached hydrogen (secondary N) is 1. The third kappa shape index (κ3) is 2.26. The van der Waals surface area contributed by atoms with Gasteiger partial charge in [0.1, 0.15) is 0 Å². The molecular formula is C16H10N2O4. The highest BCUT2D eigenvalue weighted by molar-refractivity contribution is 5.88. The van der Waals surface area contributed by atoms with Crippen LogP contribution in [0.15, 0.2) is 63.2 Å². The Morgan fingerprint density at radius 1 is 0.909 bits per heavy atom. The van der Waals surface area contributed by atoms with Crippen LogP contribution in [-0.2, 0) is 0 Å². The smallest absolute Gasteiger partial charge is 0.335 e. The van der Waals surface area contributed by atoms with Gasteiger partial charge in [0.05, 0.1) is 11.3 Å². The van der Waals surface area contributed by atoms with Gasteiger partial charge in [-0.1, -0.05) is 24.3 Å². The molecule has 0 aliphatic carbocycles. The zero-order chi connectivity index (χ0) is 15.7. The molecule has 108 valence electrons. The first-order chi connectivity index (χ1) is 10.6. The zero-order valence-corrected chi connectivity index (χ0v) is 11.2. The van der Waals surface area contributed by atoms with Gasteiger partial charge in [0.2, 0.25) is 10.9 Å². The minimum atomic E-state index is -1.03. The second-order valence-corrected chi connectivity index (χ2v) is 4.66. The van der Waals surface area contributed by atoms with E-state index in [1.165, 1.54) is 24.3 Å². The highest BCUT2D eigenvalue weighted by Crippen LogP contribution is 2.09. The van der Waals surface area contributed by atoms with Crippen molar-refractivity contribution in [1.29, 1.82) is 0 Å². The van der Waals surface area contributed by atoms with Crippen LogP contribution in [0.4, 0.5) is 5.69 Å². The Labute approximate surface area is 123 Å². The Morgan fingerprint density at radius 2 is 1.45 bits per heavy atom. The first-order valence-electron chi connectivity index (χ1n) is 6.43. The molecule has 0 unspecified atom stereocenters. The molecule has 3 rings (SSSR count). The molecule has 0 aliphatic heterocycles. The molecule has 6 heteroatoms. The van der Waals surface area contributed by atoms with Crippen molar-refractivity contribution in [2.45, 2.75) is 0 Å². The maximum Gasteiger partial charge on any atom is 0.335 e. The standard InChI is InChI=1S/C16H10N2O4/c19-14-11-3-1-2-4-12(11)15(20)13(14)18-17-10-7-5-9(6-8-10)16(21)22/h1-8,17H,(H,21,22). The highest BCUT2D eigenvalue weighted by atomic mass is 16.4. The predicted octanol–water partition coefficient (Wildman–Crippen LogP) is 1.06. The van der Waals surface area contributed by atoms with Crippen LogP contribution in [0.25, 0.3) is 10.8 Å². The van der Waals surface area contributed by atoms with Crippen LogP contribution in [0.1, 0.15) is 10.4 Å². The lowest BCUT2D eigenvalue weighted by molar-refractivity contribution is 0.0697. The van der Waals surface area contributed by atoms with Gasteiger partial charge in [-0.15, -0.1) is 0 Å². The molecule has 0 saturated heterocycles. The number of nitrogens with zero attached hydrogens (tertiary/aromatic N) is 1. The van der Waals surface area contributed by atoms with E-state index in [1.807, 2.05) is 0 Å². The van der Waals surface area contributed by atoms with E-state index in [-0.39, 0.29) is 10.9 Å². The Morgan fingerprint density at radius 3 is 1.95 bits per heavy atom. The van der Waals surface area contributed by atoms with E-state index in [0.717, 1.165) is 0 Å². The first kappa shape index (κ1) is 13.7. The summed E-state index contributed by atoms with van der Waals surface area (Å²) in [6.07, 6.45) is 0. The van der Waals surface area contributed by atoms with Gasteiger partial charge in [-0.05, 0) is 24.3 Å². The molecule has 0 spiro atoms. The van der Waals surface area contributed by atoms with Crippen molar-refractivity contribution in [3.05, 3.63) is 79.9 Å². The molecule has 0 saturated carbocycles. The lowest BCUT2D eigenvalue weighted by atomic mass is 10.2. The fourth-order valence-electron chi connectivity index (χ4n) is 2.15. The summed E-state index contributed by atoms with van der Waals surface area (Å²) in [7, 11) is 0. The van der Waals surface area contributed by atoms with Gasteiger partial charge >= 0.3 is 5.97 Å². The third-order valence-corrected chi connectivity index (χ3v) is 3.28. The maximum atomic E-state index is 12.1. The average Bonchev–Trinajstić information content (AvgIpc) is 2.78. The van der Waals surface area contributed by atoms with Crippen molar-refractivity contribution in [3.63, 3.8) is 0 Å². The Hall–Kier alpha value is -3.28. The van der Waals surface area contributed by atoms with Gasteiger partial charge in [-0.3, -0.25) is 15.0 Å². The van der Waals surface area contributed by atoms with E-state index < -0.39 is 16.8 Å². The van der Waals surface area contributed by atoms with Crippen molar-refractivity contribution in [3.8, 4) is 0 Å². The lowest BCUT2D eigenvalue weighted by Crippen LogP contribution is -2.32. The molecule has 3 aromatic rings. The summed E-state index contributed by atoms with van der Waals surface area (Å²) in [5.41, 5.74) is 2.38. The number of carboxylic acid groups (broad SMARTS) is 1. The summed E-state index contributed by atoms with van der Waals surface area (Å²) in [5, 5.41) is 13.2. The summed E-state index contributed by atoms with van der Waals surface area (Å²) in [6, 6.07) is 12.3. The van der Waals surface area contributed by atoms with Crippen LogP contribution in [0.3, 0.4) is 0 Å². The second-order valence-electron chi connectivity index (χ2n) is 4.66. The Balaban J connectivity index is 2.01. The SMILES string of the molecule is O=C(O)c1ccc(NN=c2c(=O)c3ccccc3c2=O)cc1. The second kappa shape index (κ2) is 5.25. The Bertz CT molecular complexity index is 963. The summed E-state index contributed by atoms with van der Waals surface area (Å²) in [4.78, 5) is 35.0. The number of rotatable bonds is 3. The largest absolute Gasteiger partial charge is 0.478 e. The van der Waals surface area contributed by atoms with Gasteiger partial charge in [-0.2, -0.15) is 5.10 Å². The molecule has 0 heterocycles. The van der Waals surface area contributed by atoms with Crippen LogP contribution in [0.5, 0.6) is 0 Å². The fourth-order valence-corrected chi connectivity index (χ4v) is 2.15. The van der Waals surface area contributed by atoms with Gasteiger partial charge < -0.3 is 5.11 Å². The quantitative estimate of drug-likeness (QED) is 0.704. The lowest BCUT2D eigenvalue weighted by Gasteiger charge is -1.99. The number of benzene rings is 2. The molecule has 2 N–H and O–H groups in total. The minimum Gasteiger partial charge on any atom is -0.478 e. The molecule has 0 amide bonds. The molecule has 0 fully saturated rings. The molecule has 0 bridgehead atoms. The normalized spacial score (nSPS) is 10.5. The average molecular weight is 294 g/mol. The molecule has 0 aliphatic rings. The van der Waals surface area contributed by atoms with E-state index in [4.69, 9.17) is 5.11 Å². The molecule has 0 atom stereocenters. The van der Waals surface area contributed by atoms with Crippen LogP contribution < -0.4 is 21.6 Å². The Kier molecular flexibility index (Phi) is 3.27. The number of anilines is 1. The number of hydrogen-bond acceptors (Lipinski definition) is 5. The van der Waals surface area contributed by atoms with Crippen LogP contribution in [0, 0.1) is 0 Å². The third-order valence-electron chi connectivity index (χ3n) is 3.28. The summed E-state index contributed by atoms with van der Waals surface area (Å²) in [6.45, 7) is 0. The highest BCUT2D eigenvalue weighted by Gasteiger charge is 2.09. The zero-order valence-electron chi connectivity index (χ0n) is 11.2. The van der Waals surface area contributed by atoms with Crippen molar-refractivity contribution in [1.82, 2.24) is 0 Å². The molecule has 3 aromatic carbocycles. The molecule has 6 nitrogen and oxygen atoms in total. The van der Waals surface area contributed by atoms with Gasteiger partial charge in [-0.25, -0.2) is 4.79 Å².